The van der Waals surface area contributed by atoms with Crippen molar-refractivity contribution in [2.24, 2.45) is 5.73 Å². The van der Waals surface area contributed by atoms with Crippen molar-refractivity contribution in [2.45, 2.75) is 5.92 Å². The molecule has 0 radical (unpaired) electrons. The van der Waals surface area contributed by atoms with Crippen LogP contribution in [0.3, 0.4) is 0 Å². The number of anilines is 1. The first kappa shape index (κ1) is 14.6. The van der Waals surface area contributed by atoms with Crippen LogP contribution in [0.25, 0.3) is 0 Å². The van der Waals surface area contributed by atoms with Crippen LogP contribution in [0.2, 0.25) is 0 Å². The standard InChI is InChI=1S/C16H16N2O3/c17-15(19)12-8-4-5-9-14(12)18-10-13(16(20)21)11-6-2-1-3-7-11/h1-9,13,18H,10H2,(H2,17,19)(H,20,21). The molecule has 0 aliphatic carbocycles. The average Bonchev–Trinajstić information content (AvgIpc) is 2.48. The molecule has 0 aliphatic rings. The van der Waals surface area contributed by atoms with Gasteiger partial charge in [0.1, 0.15) is 0 Å². The number of carboxylic acids is 1. The van der Waals surface area contributed by atoms with Gasteiger partial charge in [-0.25, -0.2) is 0 Å². The fraction of sp³-hybridized carbons (Fsp3) is 0.125. The molecule has 5 heteroatoms. The van der Waals surface area contributed by atoms with Gasteiger partial charge in [-0.3, -0.25) is 9.59 Å². The number of carbonyl (C=O) groups excluding carboxylic acids is 1. The zero-order valence-electron chi connectivity index (χ0n) is 11.3. The Labute approximate surface area is 122 Å². The van der Waals surface area contributed by atoms with Crippen LogP contribution >= 0.6 is 0 Å². The molecule has 5 nitrogen and oxygen atoms in total. The van der Waals surface area contributed by atoms with E-state index in [1.165, 1.54) is 0 Å². The third-order valence-electron chi connectivity index (χ3n) is 3.19. The molecule has 0 bridgehead atoms. The molecule has 4 N–H and O–H groups in total. The summed E-state index contributed by atoms with van der Waals surface area (Å²) in [5.74, 6) is -2.18. The Morgan fingerprint density at radius 1 is 1.05 bits per heavy atom. The van der Waals surface area contributed by atoms with Gasteiger partial charge in [0.25, 0.3) is 5.91 Å². The lowest BCUT2D eigenvalue weighted by molar-refractivity contribution is -0.138. The number of carboxylic acid groups (broad SMARTS) is 1. The number of amides is 1. The van der Waals surface area contributed by atoms with Crippen molar-refractivity contribution in [1.29, 1.82) is 0 Å². The second-order valence-corrected chi connectivity index (χ2v) is 4.59. The molecule has 2 aromatic carbocycles. The molecule has 2 aromatic rings. The molecule has 0 aliphatic heterocycles. The van der Waals surface area contributed by atoms with Crippen LogP contribution in [0.5, 0.6) is 0 Å². The molecule has 1 amide bonds. The van der Waals surface area contributed by atoms with Gasteiger partial charge in [-0.2, -0.15) is 0 Å². The van der Waals surface area contributed by atoms with Crippen LogP contribution in [0.1, 0.15) is 21.8 Å². The van der Waals surface area contributed by atoms with E-state index in [0.29, 0.717) is 16.8 Å². The highest BCUT2D eigenvalue weighted by atomic mass is 16.4. The second kappa shape index (κ2) is 6.56. The van der Waals surface area contributed by atoms with E-state index in [0.717, 1.165) is 0 Å². The zero-order valence-corrected chi connectivity index (χ0v) is 11.3. The van der Waals surface area contributed by atoms with Gasteiger partial charge in [0.15, 0.2) is 0 Å². The van der Waals surface area contributed by atoms with E-state index in [2.05, 4.69) is 5.32 Å². The van der Waals surface area contributed by atoms with Gasteiger partial charge in [0.2, 0.25) is 0 Å². The van der Waals surface area contributed by atoms with Gasteiger partial charge < -0.3 is 16.2 Å². The van der Waals surface area contributed by atoms with Crippen LogP contribution < -0.4 is 11.1 Å². The zero-order chi connectivity index (χ0) is 15.2. The Balaban J connectivity index is 2.17. The molecular weight excluding hydrogens is 268 g/mol. The van der Waals surface area contributed by atoms with E-state index in [-0.39, 0.29) is 6.54 Å². The van der Waals surface area contributed by atoms with Crippen LogP contribution in [0.4, 0.5) is 5.69 Å². The van der Waals surface area contributed by atoms with E-state index in [4.69, 9.17) is 5.73 Å². The number of aliphatic carboxylic acids is 1. The maximum Gasteiger partial charge on any atom is 0.312 e. The largest absolute Gasteiger partial charge is 0.481 e. The first-order valence-corrected chi connectivity index (χ1v) is 6.50. The predicted octanol–water partition coefficient (Wildman–Crippen LogP) is 2.07. The third kappa shape index (κ3) is 3.60. The third-order valence-corrected chi connectivity index (χ3v) is 3.19. The summed E-state index contributed by atoms with van der Waals surface area (Å²) < 4.78 is 0. The van der Waals surface area contributed by atoms with E-state index in [9.17, 15) is 14.7 Å². The molecule has 0 aromatic heterocycles. The number of rotatable bonds is 6. The fourth-order valence-corrected chi connectivity index (χ4v) is 2.10. The summed E-state index contributed by atoms with van der Waals surface area (Å²) >= 11 is 0. The van der Waals surface area contributed by atoms with Crippen molar-refractivity contribution in [2.75, 3.05) is 11.9 Å². The number of benzene rings is 2. The molecule has 0 fully saturated rings. The maximum absolute atomic E-state index is 11.4. The molecule has 1 unspecified atom stereocenters. The van der Waals surface area contributed by atoms with Gasteiger partial charge in [-0.15, -0.1) is 0 Å². The number of para-hydroxylation sites is 1. The average molecular weight is 284 g/mol. The smallest absolute Gasteiger partial charge is 0.312 e. The lowest BCUT2D eigenvalue weighted by atomic mass is 9.99. The summed E-state index contributed by atoms with van der Waals surface area (Å²) in [7, 11) is 0. The van der Waals surface area contributed by atoms with Crippen LogP contribution in [-0.2, 0) is 4.79 Å². The normalized spacial score (nSPS) is 11.6. The van der Waals surface area contributed by atoms with Gasteiger partial charge in [-0.05, 0) is 17.7 Å². The summed E-state index contributed by atoms with van der Waals surface area (Å²) in [6.07, 6.45) is 0. The number of nitrogens with one attached hydrogen (secondary N) is 1. The summed E-state index contributed by atoms with van der Waals surface area (Å²) in [6, 6.07) is 15.7. The molecule has 21 heavy (non-hydrogen) atoms. The highest BCUT2D eigenvalue weighted by molar-refractivity contribution is 5.98. The number of hydrogen-bond donors (Lipinski definition) is 3. The van der Waals surface area contributed by atoms with Crippen molar-refractivity contribution in [3.8, 4) is 0 Å². The van der Waals surface area contributed by atoms with Crippen molar-refractivity contribution in [3.63, 3.8) is 0 Å². The lowest BCUT2D eigenvalue weighted by Gasteiger charge is -2.16. The molecular formula is C16H16N2O3. The fourth-order valence-electron chi connectivity index (χ4n) is 2.10. The first-order chi connectivity index (χ1) is 10.1. The Morgan fingerprint density at radius 3 is 2.29 bits per heavy atom. The molecule has 0 spiro atoms. The molecule has 0 saturated carbocycles. The minimum atomic E-state index is -0.926. The molecule has 108 valence electrons. The molecule has 0 saturated heterocycles. The number of primary amides is 1. The Morgan fingerprint density at radius 2 is 1.67 bits per heavy atom. The Bertz CT molecular complexity index is 641. The minimum absolute atomic E-state index is 0.170. The van der Waals surface area contributed by atoms with Crippen molar-refractivity contribution in [3.05, 3.63) is 65.7 Å². The van der Waals surface area contributed by atoms with Gasteiger partial charge in [0, 0.05) is 12.2 Å². The Kier molecular flexibility index (Phi) is 4.56. The van der Waals surface area contributed by atoms with E-state index >= 15 is 0 Å². The first-order valence-electron chi connectivity index (χ1n) is 6.50. The van der Waals surface area contributed by atoms with E-state index in [1.54, 1.807) is 48.5 Å². The van der Waals surface area contributed by atoms with Crippen LogP contribution in [0.15, 0.2) is 54.6 Å². The van der Waals surface area contributed by atoms with E-state index < -0.39 is 17.8 Å². The quantitative estimate of drug-likeness (QED) is 0.757. The number of carbonyl (C=O) groups is 2. The topological polar surface area (TPSA) is 92.4 Å². The summed E-state index contributed by atoms with van der Waals surface area (Å²) in [4.78, 5) is 22.7. The van der Waals surface area contributed by atoms with Gasteiger partial charge in [0.05, 0.1) is 11.5 Å². The summed E-state index contributed by atoms with van der Waals surface area (Å²) in [5.41, 5.74) is 6.88. The molecule has 0 heterocycles. The Hall–Kier alpha value is -2.82. The van der Waals surface area contributed by atoms with Crippen LogP contribution in [0, 0.1) is 0 Å². The number of nitrogens with two attached hydrogens (primary N) is 1. The van der Waals surface area contributed by atoms with Gasteiger partial charge >= 0.3 is 5.97 Å². The predicted molar refractivity (Wildman–Crippen MR) is 80.3 cm³/mol. The monoisotopic (exact) mass is 284 g/mol. The van der Waals surface area contributed by atoms with Gasteiger partial charge in [-0.1, -0.05) is 42.5 Å². The highest BCUT2D eigenvalue weighted by Gasteiger charge is 2.20. The van der Waals surface area contributed by atoms with Crippen molar-refractivity contribution in [1.82, 2.24) is 0 Å². The van der Waals surface area contributed by atoms with Crippen molar-refractivity contribution >= 4 is 17.6 Å². The maximum atomic E-state index is 11.4. The SMILES string of the molecule is NC(=O)c1ccccc1NCC(C(=O)O)c1ccccc1. The minimum Gasteiger partial charge on any atom is -0.481 e. The van der Waals surface area contributed by atoms with E-state index in [1.807, 2.05) is 6.07 Å². The summed E-state index contributed by atoms with van der Waals surface area (Å²) in [5, 5.41) is 12.3. The highest BCUT2D eigenvalue weighted by Crippen LogP contribution is 2.19. The second-order valence-electron chi connectivity index (χ2n) is 4.59. The van der Waals surface area contributed by atoms with Crippen molar-refractivity contribution < 1.29 is 14.7 Å². The van der Waals surface area contributed by atoms with Crippen LogP contribution in [-0.4, -0.2) is 23.5 Å². The molecule has 1 atom stereocenters. The molecule has 2 rings (SSSR count). The number of hydrogen-bond acceptors (Lipinski definition) is 3. The summed E-state index contributed by atoms with van der Waals surface area (Å²) in [6.45, 7) is 0.170. The lowest BCUT2D eigenvalue weighted by Crippen LogP contribution is -2.22.